The lowest BCUT2D eigenvalue weighted by molar-refractivity contribution is 0.794. The quantitative estimate of drug-likeness (QED) is 0.244. The zero-order valence-electron chi connectivity index (χ0n) is 17.6. The van der Waals surface area contributed by atoms with E-state index in [0.29, 0.717) is 0 Å². The van der Waals surface area contributed by atoms with Crippen LogP contribution in [0.1, 0.15) is 33.4 Å². The maximum Gasteiger partial charge on any atom is 0.0725 e. The van der Waals surface area contributed by atoms with Crippen LogP contribution in [0.4, 0.5) is 0 Å². The average Bonchev–Trinajstić information content (AvgIpc) is 3.46. The molecular formula is C32H20. The summed E-state index contributed by atoms with van der Waals surface area (Å²) in [5.74, 6) is 0. The molecule has 3 aliphatic carbocycles. The van der Waals surface area contributed by atoms with Gasteiger partial charge in [0.15, 0.2) is 0 Å². The van der Waals surface area contributed by atoms with Gasteiger partial charge in [-0.2, -0.15) is 0 Å². The zero-order valence-corrected chi connectivity index (χ0v) is 17.6. The van der Waals surface area contributed by atoms with Crippen molar-refractivity contribution >= 4 is 0 Å². The Hall–Kier alpha value is -3.90. The number of hydrogen-bond acceptors (Lipinski definition) is 0. The normalized spacial score (nSPS) is 15.0. The lowest BCUT2D eigenvalue weighted by Gasteiger charge is -2.30. The molecule has 0 fully saturated rings. The third-order valence-electron chi connectivity index (χ3n) is 7.91. The predicted molar refractivity (Wildman–Crippen MR) is 131 cm³/mol. The number of rotatable bonds is 0. The number of hydrogen-bond donors (Lipinski definition) is 0. The summed E-state index contributed by atoms with van der Waals surface area (Å²) in [6.07, 6.45) is 1.03. The first-order chi connectivity index (χ1) is 15.9. The van der Waals surface area contributed by atoms with Gasteiger partial charge in [0.05, 0.1) is 5.41 Å². The fraction of sp³-hybridized carbons (Fsp3) is 0.0625. The second-order valence-corrected chi connectivity index (χ2v) is 9.28. The molecule has 8 rings (SSSR count). The molecule has 0 N–H and O–H groups in total. The van der Waals surface area contributed by atoms with Crippen molar-refractivity contribution in [2.75, 3.05) is 0 Å². The molecule has 0 aliphatic heterocycles. The highest BCUT2D eigenvalue weighted by Crippen LogP contribution is 2.63. The summed E-state index contributed by atoms with van der Waals surface area (Å²) in [6.45, 7) is 0. The Bertz CT molecular complexity index is 1560. The molecule has 0 unspecified atom stereocenters. The van der Waals surface area contributed by atoms with E-state index in [-0.39, 0.29) is 5.41 Å². The monoisotopic (exact) mass is 404 g/mol. The van der Waals surface area contributed by atoms with Crippen molar-refractivity contribution in [1.29, 1.82) is 0 Å². The number of benzene rings is 5. The van der Waals surface area contributed by atoms with Gasteiger partial charge in [-0.3, -0.25) is 0 Å². The molecule has 0 nitrogen and oxygen atoms in total. The van der Waals surface area contributed by atoms with E-state index in [1.807, 2.05) is 0 Å². The van der Waals surface area contributed by atoms with E-state index in [1.165, 1.54) is 66.8 Å². The average molecular weight is 405 g/mol. The topological polar surface area (TPSA) is 0 Å². The van der Waals surface area contributed by atoms with E-state index in [2.05, 4.69) is 109 Å². The van der Waals surface area contributed by atoms with Gasteiger partial charge in [0, 0.05) is 0 Å². The maximum atomic E-state index is 2.52. The van der Waals surface area contributed by atoms with Crippen molar-refractivity contribution in [2.45, 2.75) is 11.8 Å². The van der Waals surface area contributed by atoms with E-state index in [4.69, 9.17) is 0 Å². The van der Waals surface area contributed by atoms with Gasteiger partial charge < -0.3 is 0 Å². The Morgan fingerprint density at radius 2 is 0.875 bits per heavy atom. The third-order valence-corrected chi connectivity index (χ3v) is 7.91. The molecule has 0 saturated carbocycles. The standard InChI is InChI=1S/C32H20/c1-2-10-22-20(9-1)17-21-18-27-25-13-5-8-16-30(25)32(31(27)19-26(21)22)28-14-6-3-11-23(28)24-12-4-7-15-29(24)32/h1-16,18-19H,17H2. The van der Waals surface area contributed by atoms with Crippen molar-refractivity contribution in [3.8, 4) is 33.4 Å². The molecule has 148 valence electrons. The molecule has 0 amide bonds. The molecule has 1 spiro atoms. The highest BCUT2D eigenvalue weighted by Gasteiger charge is 2.51. The van der Waals surface area contributed by atoms with Gasteiger partial charge in [0.2, 0.25) is 0 Å². The van der Waals surface area contributed by atoms with Crippen molar-refractivity contribution in [3.05, 3.63) is 143 Å². The van der Waals surface area contributed by atoms with Crippen LogP contribution in [0.2, 0.25) is 0 Å². The van der Waals surface area contributed by atoms with Gasteiger partial charge in [-0.05, 0) is 85.3 Å². The molecule has 0 heteroatoms. The summed E-state index contributed by atoms with van der Waals surface area (Å²) in [5, 5.41) is 0. The maximum absolute atomic E-state index is 2.52. The summed E-state index contributed by atoms with van der Waals surface area (Å²) in [4.78, 5) is 0. The van der Waals surface area contributed by atoms with Crippen LogP contribution in [0.25, 0.3) is 33.4 Å². The van der Waals surface area contributed by atoms with Crippen molar-refractivity contribution in [1.82, 2.24) is 0 Å². The molecule has 0 aromatic heterocycles. The van der Waals surface area contributed by atoms with Crippen LogP contribution in [-0.4, -0.2) is 0 Å². The smallest absolute Gasteiger partial charge is 0.0619 e. The molecule has 0 radical (unpaired) electrons. The molecule has 5 aromatic rings. The van der Waals surface area contributed by atoms with Gasteiger partial charge in [0.25, 0.3) is 0 Å². The summed E-state index contributed by atoms with van der Waals surface area (Å²) in [7, 11) is 0. The molecular weight excluding hydrogens is 384 g/mol. The Labute approximate surface area is 187 Å². The van der Waals surface area contributed by atoms with E-state index in [9.17, 15) is 0 Å². The summed E-state index contributed by atoms with van der Waals surface area (Å²) >= 11 is 0. The van der Waals surface area contributed by atoms with Gasteiger partial charge >= 0.3 is 0 Å². The van der Waals surface area contributed by atoms with E-state index >= 15 is 0 Å². The van der Waals surface area contributed by atoms with Crippen molar-refractivity contribution in [3.63, 3.8) is 0 Å². The highest BCUT2D eigenvalue weighted by molar-refractivity contribution is 5.97. The van der Waals surface area contributed by atoms with Gasteiger partial charge in [0.1, 0.15) is 0 Å². The van der Waals surface area contributed by atoms with Crippen LogP contribution >= 0.6 is 0 Å². The second-order valence-electron chi connectivity index (χ2n) is 9.28. The van der Waals surface area contributed by atoms with E-state index in [0.717, 1.165) is 6.42 Å². The lowest BCUT2D eigenvalue weighted by Crippen LogP contribution is -2.25. The van der Waals surface area contributed by atoms with E-state index < -0.39 is 0 Å². The molecule has 0 atom stereocenters. The largest absolute Gasteiger partial charge is 0.0725 e. The Balaban J connectivity index is 1.56. The van der Waals surface area contributed by atoms with Crippen LogP contribution < -0.4 is 0 Å². The zero-order chi connectivity index (χ0) is 20.9. The first-order valence-electron chi connectivity index (χ1n) is 11.4. The molecule has 5 aromatic carbocycles. The third kappa shape index (κ3) is 1.78. The fourth-order valence-electron chi connectivity index (χ4n) is 6.72. The fourth-order valence-corrected chi connectivity index (χ4v) is 6.72. The SMILES string of the molecule is c1ccc2c(c1)Cc1cc3c(cc1-2)C1(c2ccccc2-c2ccccc21)c1ccccc1-3. The summed E-state index contributed by atoms with van der Waals surface area (Å²) in [6, 6.07) is 41.0. The van der Waals surface area contributed by atoms with Crippen LogP contribution in [0, 0.1) is 0 Å². The van der Waals surface area contributed by atoms with Crippen LogP contribution in [0.5, 0.6) is 0 Å². The predicted octanol–water partition coefficient (Wildman–Crippen LogP) is 7.60. The highest BCUT2D eigenvalue weighted by atomic mass is 14.5. The Morgan fingerprint density at radius 1 is 0.375 bits per heavy atom. The summed E-state index contributed by atoms with van der Waals surface area (Å²) < 4.78 is 0. The van der Waals surface area contributed by atoms with Crippen LogP contribution in [0.3, 0.4) is 0 Å². The van der Waals surface area contributed by atoms with Crippen LogP contribution in [0.15, 0.2) is 109 Å². The van der Waals surface area contributed by atoms with E-state index in [1.54, 1.807) is 0 Å². The molecule has 3 aliphatic rings. The lowest BCUT2D eigenvalue weighted by atomic mass is 9.70. The van der Waals surface area contributed by atoms with Crippen molar-refractivity contribution in [2.24, 2.45) is 0 Å². The Kier molecular flexibility index (Phi) is 2.96. The van der Waals surface area contributed by atoms with Crippen molar-refractivity contribution < 1.29 is 0 Å². The minimum atomic E-state index is -0.244. The Morgan fingerprint density at radius 3 is 1.50 bits per heavy atom. The first-order valence-corrected chi connectivity index (χ1v) is 11.4. The molecule has 32 heavy (non-hydrogen) atoms. The molecule has 0 bridgehead atoms. The number of fused-ring (bicyclic) bond motifs is 13. The summed E-state index contributed by atoms with van der Waals surface area (Å²) in [5.41, 5.74) is 16.7. The minimum absolute atomic E-state index is 0.244. The molecule has 0 saturated heterocycles. The molecule has 0 heterocycles. The van der Waals surface area contributed by atoms with Crippen LogP contribution in [-0.2, 0) is 11.8 Å². The van der Waals surface area contributed by atoms with Gasteiger partial charge in [-0.25, -0.2) is 0 Å². The second kappa shape index (κ2) is 5.66. The minimum Gasteiger partial charge on any atom is -0.0619 e. The first kappa shape index (κ1) is 16.8. The van der Waals surface area contributed by atoms with Gasteiger partial charge in [-0.15, -0.1) is 0 Å². The van der Waals surface area contributed by atoms with Gasteiger partial charge in [-0.1, -0.05) is 97.1 Å².